The lowest BCUT2D eigenvalue weighted by atomic mass is 10.1. The molecule has 1 aromatic heterocycles. The Hall–Kier alpha value is -2.65. The van der Waals surface area contributed by atoms with Crippen molar-refractivity contribution >= 4 is 11.9 Å². The Morgan fingerprint density at radius 3 is 1.34 bits per heavy atom. The fourth-order valence-electron chi connectivity index (χ4n) is 3.08. The summed E-state index contributed by atoms with van der Waals surface area (Å²) in [7, 11) is 0. The van der Waals surface area contributed by atoms with Crippen LogP contribution in [-0.4, -0.2) is 35.9 Å². The second-order valence-electron chi connectivity index (χ2n) is 7.06. The van der Waals surface area contributed by atoms with Crippen molar-refractivity contribution in [3.8, 4) is 0 Å². The van der Waals surface area contributed by atoms with Gasteiger partial charge in [-0.05, 0) is 6.42 Å². The predicted molar refractivity (Wildman–Crippen MR) is 106 cm³/mol. The van der Waals surface area contributed by atoms with Crippen LogP contribution < -0.4 is 17.1 Å². The van der Waals surface area contributed by atoms with Gasteiger partial charge in [0.05, 0.1) is 12.8 Å². The van der Waals surface area contributed by atoms with Gasteiger partial charge in [0.2, 0.25) is 0 Å². The number of unbranched alkanes of at least 4 members (excludes halogenated alkanes) is 7. The molecular formula is C19H31N3O7. The third kappa shape index (κ3) is 8.08. The zero-order chi connectivity index (χ0) is 21.8. The quantitative estimate of drug-likeness (QED) is 0.412. The van der Waals surface area contributed by atoms with Gasteiger partial charge < -0.3 is 10.2 Å². The number of nitrogens with zero attached hydrogens (tertiary/aromatic N) is 3. The van der Waals surface area contributed by atoms with E-state index in [0.717, 1.165) is 30.3 Å². The summed E-state index contributed by atoms with van der Waals surface area (Å²) in [6.45, 7) is 1.50. The first-order valence-electron chi connectivity index (χ1n) is 10.2. The molecule has 0 fully saturated rings. The Morgan fingerprint density at radius 2 is 0.966 bits per heavy atom. The van der Waals surface area contributed by atoms with Crippen molar-refractivity contribution in [1.29, 1.82) is 0 Å². The minimum atomic E-state index is -1.19. The standard InChI is InChI=1S/C19H31N3O7/c1-2-3-4-5-6-7-8-9-12-20-17(27)21(13-10-15(23)24)19(29)22(18(20)28)14-11-16(25)26/h2-14H2,1H3,(H,23,24)(H,25,26). The maximum Gasteiger partial charge on any atom is 0.336 e. The number of hydrogen-bond donors (Lipinski definition) is 2. The van der Waals surface area contributed by atoms with Gasteiger partial charge in [-0.1, -0.05) is 51.9 Å². The van der Waals surface area contributed by atoms with Gasteiger partial charge in [0.25, 0.3) is 0 Å². The highest BCUT2D eigenvalue weighted by molar-refractivity contribution is 5.66. The molecule has 0 spiro atoms. The average Bonchev–Trinajstić information content (AvgIpc) is 2.65. The highest BCUT2D eigenvalue weighted by Crippen LogP contribution is 2.08. The van der Waals surface area contributed by atoms with Crippen LogP contribution in [0.1, 0.15) is 71.1 Å². The third-order valence-electron chi connectivity index (χ3n) is 4.72. The molecule has 0 amide bonds. The first kappa shape index (κ1) is 24.4. The zero-order valence-electron chi connectivity index (χ0n) is 17.0. The van der Waals surface area contributed by atoms with Crippen molar-refractivity contribution in [2.24, 2.45) is 0 Å². The first-order valence-corrected chi connectivity index (χ1v) is 10.2. The summed E-state index contributed by atoms with van der Waals surface area (Å²) in [6, 6.07) is 0. The largest absolute Gasteiger partial charge is 0.481 e. The molecule has 0 aliphatic heterocycles. The topological polar surface area (TPSA) is 141 Å². The average molecular weight is 413 g/mol. The van der Waals surface area contributed by atoms with Crippen LogP contribution in [0.4, 0.5) is 0 Å². The van der Waals surface area contributed by atoms with Crippen molar-refractivity contribution in [1.82, 2.24) is 13.7 Å². The van der Waals surface area contributed by atoms with Gasteiger partial charge in [0.15, 0.2) is 0 Å². The molecular weight excluding hydrogens is 382 g/mol. The molecule has 0 bridgehead atoms. The fourth-order valence-corrected chi connectivity index (χ4v) is 3.08. The van der Waals surface area contributed by atoms with Crippen LogP contribution in [0.3, 0.4) is 0 Å². The molecule has 1 rings (SSSR count). The van der Waals surface area contributed by atoms with Crippen molar-refractivity contribution in [2.45, 2.75) is 90.8 Å². The highest BCUT2D eigenvalue weighted by Gasteiger charge is 2.16. The number of aromatic nitrogens is 3. The fraction of sp³-hybridized carbons (Fsp3) is 0.737. The van der Waals surface area contributed by atoms with Gasteiger partial charge in [0.1, 0.15) is 0 Å². The van der Waals surface area contributed by atoms with E-state index >= 15 is 0 Å². The molecule has 0 aliphatic rings. The molecule has 29 heavy (non-hydrogen) atoms. The van der Waals surface area contributed by atoms with Crippen LogP contribution in [0.15, 0.2) is 14.4 Å². The number of carboxylic acid groups (broad SMARTS) is 2. The van der Waals surface area contributed by atoms with Crippen LogP contribution >= 0.6 is 0 Å². The van der Waals surface area contributed by atoms with Crippen molar-refractivity contribution in [2.75, 3.05) is 0 Å². The second kappa shape index (κ2) is 12.7. The highest BCUT2D eigenvalue weighted by atomic mass is 16.4. The van der Waals surface area contributed by atoms with E-state index in [9.17, 15) is 24.0 Å². The van der Waals surface area contributed by atoms with E-state index in [-0.39, 0.29) is 19.6 Å². The molecule has 0 saturated heterocycles. The van der Waals surface area contributed by atoms with Gasteiger partial charge in [-0.15, -0.1) is 0 Å². The Labute approximate surface area is 168 Å². The lowest BCUT2D eigenvalue weighted by molar-refractivity contribution is -0.138. The maximum absolute atomic E-state index is 12.6. The van der Waals surface area contributed by atoms with E-state index in [4.69, 9.17) is 10.2 Å². The zero-order valence-corrected chi connectivity index (χ0v) is 17.0. The molecule has 1 heterocycles. The Kier molecular flexibility index (Phi) is 10.7. The van der Waals surface area contributed by atoms with E-state index in [1.807, 2.05) is 0 Å². The summed E-state index contributed by atoms with van der Waals surface area (Å²) in [4.78, 5) is 59.2. The van der Waals surface area contributed by atoms with E-state index < -0.39 is 41.8 Å². The molecule has 1 aromatic rings. The number of hydrogen-bond acceptors (Lipinski definition) is 5. The van der Waals surface area contributed by atoms with Crippen molar-refractivity contribution in [3.05, 3.63) is 31.5 Å². The smallest absolute Gasteiger partial charge is 0.336 e. The second-order valence-corrected chi connectivity index (χ2v) is 7.06. The molecule has 0 atom stereocenters. The van der Waals surface area contributed by atoms with Gasteiger partial charge in [0, 0.05) is 19.6 Å². The molecule has 0 saturated carbocycles. The number of carboxylic acids is 2. The molecule has 10 nitrogen and oxygen atoms in total. The summed E-state index contributed by atoms with van der Waals surface area (Å²) in [5.41, 5.74) is -2.68. The van der Waals surface area contributed by atoms with Gasteiger partial charge in [-0.3, -0.25) is 9.59 Å². The van der Waals surface area contributed by atoms with Crippen molar-refractivity contribution in [3.63, 3.8) is 0 Å². The van der Waals surface area contributed by atoms with E-state index in [1.54, 1.807) is 0 Å². The number of carbonyl (C=O) groups is 2. The first-order chi connectivity index (χ1) is 13.8. The lowest BCUT2D eigenvalue weighted by Gasteiger charge is -2.13. The predicted octanol–water partition coefficient (Wildman–Crippen LogP) is 1.26. The number of rotatable bonds is 15. The van der Waals surface area contributed by atoms with Crippen LogP contribution in [-0.2, 0) is 29.2 Å². The van der Waals surface area contributed by atoms with E-state index in [0.29, 0.717) is 15.6 Å². The Bertz CT molecular complexity index is 795. The van der Waals surface area contributed by atoms with Crippen LogP contribution in [0.25, 0.3) is 0 Å². The molecule has 0 aromatic carbocycles. The normalized spacial score (nSPS) is 10.9. The Balaban J connectivity index is 2.94. The molecule has 0 unspecified atom stereocenters. The van der Waals surface area contributed by atoms with Crippen LogP contribution in [0.2, 0.25) is 0 Å². The Morgan fingerprint density at radius 1 is 0.621 bits per heavy atom. The van der Waals surface area contributed by atoms with Gasteiger partial charge in [-0.2, -0.15) is 0 Å². The lowest BCUT2D eigenvalue weighted by Crippen LogP contribution is -2.54. The summed E-state index contributed by atoms with van der Waals surface area (Å²) < 4.78 is 2.30. The molecule has 0 aliphatic carbocycles. The summed E-state index contributed by atoms with van der Waals surface area (Å²) >= 11 is 0. The van der Waals surface area contributed by atoms with Crippen LogP contribution in [0.5, 0.6) is 0 Å². The van der Waals surface area contributed by atoms with Crippen molar-refractivity contribution < 1.29 is 19.8 Å². The summed E-state index contributed by atoms with van der Waals surface area (Å²) in [5, 5.41) is 17.7. The third-order valence-corrected chi connectivity index (χ3v) is 4.72. The molecule has 0 radical (unpaired) electrons. The van der Waals surface area contributed by atoms with E-state index in [2.05, 4.69) is 6.92 Å². The van der Waals surface area contributed by atoms with Gasteiger partial charge in [-0.25, -0.2) is 28.1 Å². The maximum atomic E-state index is 12.6. The molecule has 164 valence electrons. The minimum Gasteiger partial charge on any atom is -0.481 e. The molecule has 2 N–H and O–H groups in total. The monoisotopic (exact) mass is 413 g/mol. The summed E-state index contributed by atoms with van der Waals surface area (Å²) in [5.74, 6) is -2.37. The molecule has 10 heteroatoms. The van der Waals surface area contributed by atoms with E-state index in [1.165, 1.54) is 19.3 Å². The summed E-state index contributed by atoms with van der Waals surface area (Å²) in [6.07, 6.45) is 7.26. The minimum absolute atomic E-state index is 0.104. The van der Waals surface area contributed by atoms with Crippen LogP contribution in [0, 0.1) is 0 Å². The van der Waals surface area contributed by atoms with Gasteiger partial charge >= 0.3 is 29.0 Å². The SMILES string of the molecule is CCCCCCCCCCn1c(=O)n(CCC(=O)O)c(=O)n(CCC(=O)O)c1=O. The number of aliphatic carboxylic acids is 2.